The lowest BCUT2D eigenvalue weighted by molar-refractivity contribution is 0.414. The first-order valence-electron chi connectivity index (χ1n) is 6.69. The maximum Gasteiger partial charge on any atom is 0.140 e. The maximum atomic E-state index is 6.45. The first-order chi connectivity index (χ1) is 10.3. The second kappa shape index (κ2) is 6.57. The Balaban J connectivity index is 2.59. The van der Waals surface area contributed by atoms with Gasteiger partial charge in [0.1, 0.15) is 16.5 Å². The summed E-state index contributed by atoms with van der Waals surface area (Å²) in [6, 6.07) is 9.48. The molecule has 0 amide bonds. The molecular formula is C17H17Cl3O2. The molecule has 5 heteroatoms. The van der Waals surface area contributed by atoms with E-state index < -0.39 is 5.41 Å². The standard InChI is InChI=1S/C17H17Cl3O2/c1-17(2,10-5-7-11(21-3)8-6-10)14-12(18)9-13(22-4)15(19)16(14)20/h5-9H,1-4H3. The van der Waals surface area contributed by atoms with Crippen LogP contribution in [-0.2, 0) is 5.41 Å². The largest absolute Gasteiger partial charge is 0.497 e. The van der Waals surface area contributed by atoms with Crippen molar-refractivity contribution in [2.75, 3.05) is 14.2 Å². The summed E-state index contributed by atoms with van der Waals surface area (Å²) in [7, 11) is 3.17. The van der Waals surface area contributed by atoms with E-state index >= 15 is 0 Å². The Bertz CT molecular complexity index is 679. The summed E-state index contributed by atoms with van der Waals surface area (Å²) in [5, 5.41) is 1.30. The molecule has 0 atom stereocenters. The molecule has 118 valence electrons. The molecule has 0 aromatic heterocycles. The Labute approximate surface area is 145 Å². The predicted molar refractivity (Wildman–Crippen MR) is 93.1 cm³/mol. The predicted octanol–water partition coefficient (Wildman–Crippen LogP) is 5.99. The Morgan fingerprint density at radius 3 is 1.95 bits per heavy atom. The first-order valence-corrected chi connectivity index (χ1v) is 7.82. The van der Waals surface area contributed by atoms with Crippen molar-refractivity contribution in [2.45, 2.75) is 19.3 Å². The molecule has 0 fully saturated rings. The first kappa shape index (κ1) is 17.3. The lowest BCUT2D eigenvalue weighted by Crippen LogP contribution is -2.20. The molecule has 0 spiro atoms. The molecule has 0 aliphatic heterocycles. The van der Waals surface area contributed by atoms with Crippen LogP contribution in [-0.4, -0.2) is 14.2 Å². The van der Waals surface area contributed by atoms with Crippen LogP contribution < -0.4 is 9.47 Å². The molecule has 22 heavy (non-hydrogen) atoms. The van der Waals surface area contributed by atoms with Gasteiger partial charge in [-0.1, -0.05) is 60.8 Å². The van der Waals surface area contributed by atoms with E-state index in [1.165, 1.54) is 7.11 Å². The van der Waals surface area contributed by atoms with Gasteiger partial charge in [0, 0.05) is 22.1 Å². The van der Waals surface area contributed by atoms with Gasteiger partial charge >= 0.3 is 0 Å². The SMILES string of the molecule is COc1ccc(C(C)(C)c2c(Cl)cc(OC)c(Cl)c2Cl)cc1. The average molecular weight is 360 g/mol. The van der Waals surface area contributed by atoms with E-state index in [9.17, 15) is 0 Å². The van der Waals surface area contributed by atoms with Gasteiger partial charge in [-0.2, -0.15) is 0 Å². The summed E-state index contributed by atoms with van der Waals surface area (Å²) in [5.41, 5.74) is 1.40. The topological polar surface area (TPSA) is 18.5 Å². The number of hydrogen-bond acceptors (Lipinski definition) is 2. The third-order valence-electron chi connectivity index (χ3n) is 3.78. The molecule has 0 saturated heterocycles. The molecule has 0 N–H and O–H groups in total. The number of rotatable bonds is 4. The highest BCUT2D eigenvalue weighted by atomic mass is 35.5. The van der Waals surface area contributed by atoms with Gasteiger partial charge < -0.3 is 9.47 Å². The van der Waals surface area contributed by atoms with Gasteiger partial charge in [-0.15, -0.1) is 0 Å². The molecule has 2 nitrogen and oxygen atoms in total. The highest BCUT2D eigenvalue weighted by Gasteiger charge is 2.30. The van der Waals surface area contributed by atoms with E-state index in [2.05, 4.69) is 0 Å². The molecule has 0 aliphatic carbocycles. The number of ether oxygens (including phenoxy) is 2. The zero-order chi connectivity index (χ0) is 16.5. The van der Waals surface area contributed by atoms with Crippen molar-refractivity contribution >= 4 is 34.8 Å². The van der Waals surface area contributed by atoms with Crippen LogP contribution in [0.2, 0.25) is 15.1 Å². The fourth-order valence-corrected chi connectivity index (χ4v) is 3.58. The molecule has 0 bridgehead atoms. The van der Waals surface area contributed by atoms with E-state index in [0.717, 1.165) is 16.9 Å². The monoisotopic (exact) mass is 358 g/mol. The van der Waals surface area contributed by atoms with Gasteiger partial charge in [-0.05, 0) is 17.7 Å². The molecule has 0 unspecified atom stereocenters. The van der Waals surface area contributed by atoms with Crippen LogP contribution in [0.25, 0.3) is 0 Å². The number of benzene rings is 2. The third kappa shape index (κ3) is 3.01. The van der Waals surface area contributed by atoms with Gasteiger partial charge in [0.05, 0.1) is 19.2 Å². The summed E-state index contributed by atoms with van der Waals surface area (Å²) >= 11 is 19.2. The quantitative estimate of drug-likeness (QED) is 0.624. The van der Waals surface area contributed by atoms with Crippen molar-refractivity contribution < 1.29 is 9.47 Å². The number of methoxy groups -OCH3 is 2. The summed E-state index contributed by atoms with van der Waals surface area (Å²) in [6.07, 6.45) is 0. The van der Waals surface area contributed by atoms with E-state index in [0.29, 0.717) is 20.8 Å². The lowest BCUT2D eigenvalue weighted by atomic mass is 9.78. The Morgan fingerprint density at radius 2 is 1.45 bits per heavy atom. The van der Waals surface area contributed by atoms with Crippen LogP contribution in [0.15, 0.2) is 30.3 Å². The molecule has 2 aromatic rings. The summed E-state index contributed by atoms with van der Waals surface area (Å²) in [6.45, 7) is 4.09. The number of hydrogen-bond donors (Lipinski definition) is 0. The van der Waals surface area contributed by atoms with Crippen LogP contribution in [0.1, 0.15) is 25.0 Å². The zero-order valence-corrected chi connectivity index (χ0v) is 15.1. The average Bonchev–Trinajstić information content (AvgIpc) is 2.50. The molecule has 2 aromatic carbocycles. The minimum atomic E-state index is -0.420. The third-order valence-corrected chi connectivity index (χ3v) is 4.93. The van der Waals surface area contributed by atoms with Gasteiger partial charge in [0.2, 0.25) is 0 Å². The Morgan fingerprint density at radius 1 is 0.864 bits per heavy atom. The van der Waals surface area contributed by atoms with Gasteiger partial charge in [0.25, 0.3) is 0 Å². The summed E-state index contributed by atoms with van der Waals surface area (Å²) < 4.78 is 10.4. The van der Waals surface area contributed by atoms with Crippen LogP contribution >= 0.6 is 34.8 Å². The molecule has 2 rings (SSSR count). The van der Waals surface area contributed by atoms with Gasteiger partial charge in [0.15, 0.2) is 0 Å². The molecule has 0 heterocycles. The normalized spacial score (nSPS) is 11.4. The second-order valence-electron chi connectivity index (χ2n) is 5.42. The van der Waals surface area contributed by atoms with Gasteiger partial charge in [-0.25, -0.2) is 0 Å². The smallest absolute Gasteiger partial charge is 0.140 e. The fourth-order valence-electron chi connectivity index (χ4n) is 2.45. The highest BCUT2D eigenvalue weighted by molar-refractivity contribution is 6.45. The van der Waals surface area contributed by atoms with Crippen molar-refractivity contribution in [2.24, 2.45) is 0 Å². The molecule has 0 aliphatic rings. The Kier molecular flexibility index (Phi) is 5.16. The van der Waals surface area contributed by atoms with E-state index in [1.807, 2.05) is 38.1 Å². The zero-order valence-electron chi connectivity index (χ0n) is 12.8. The van der Waals surface area contributed by atoms with E-state index in [-0.39, 0.29) is 0 Å². The van der Waals surface area contributed by atoms with Crippen LogP contribution in [0, 0.1) is 0 Å². The molecular weight excluding hydrogens is 343 g/mol. The lowest BCUT2D eigenvalue weighted by Gasteiger charge is -2.29. The minimum absolute atomic E-state index is 0.366. The van der Waals surface area contributed by atoms with Crippen LogP contribution in [0.5, 0.6) is 11.5 Å². The second-order valence-corrected chi connectivity index (χ2v) is 6.58. The van der Waals surface area contributed by atoms with Crippen LogP contribution in [0.3, 0.4) is 0 Å². The van der Waals surface area contributed by atoms with Crippen molar-refractivity contribution in [1.82, 2.24) is 0 Å². The summed E-state index contributed by atoms with van der Waals surface area (Å²) in [5.74, 6) is 1.26. The van der Waals surface area contributed by atoms with Crippen LogP contribution in [0.4, 0.5) is 0 Å². The van der Waals surface area contributed by atoms with E-state index in [1.54, 1.807) is 13.2 Å². The molecule has 0 radical (unpaired) electrons. The molecule has 0 saturated carbocycles. The highest BCUT2D eigenvalue weighted by Crippen LogP contribution is 2.46. The fraction of sp³-hybridized carbons (Fsp3) is 0.294. The number of halogens is 3. The Hall–Kier alpha value is -1.09. The van der Waals surface area contributed by atoms with Crippen molar-refractivity contribution in [1.29, 1.82) is 0 Å². The van der Waals surface area contributed by atoms with Crippen molar-refractivity contribution in [3.8, 4) is 11.5 Å². The van der Waals surface area contributed by atoms with Crippen molar-refractivity contribution in [3.63, 3.8) is 0 Å². The summed E-state index contributed by atoms with van der Waals surface area (Å²) in [4.78, 5) is 0. The minimum Gasteiger partial charge on any atom is -0.497 e. The van der Waals surface area contributed by atoms with Gasteiger partial charge in [-0.3, -0.25) is 0 Å². The maximum absolute atomic E-state index is 6.45. The van der Waals surface area contributed by atoms with Crippen molar-refractivity contribution in [3.05, 3.63) is 56.5 Å². The van der Waals surface area contributed by atoms with E-state index in [4.69, 9.17) is 44.3 Å².